The SMILES string of the molecule is CSCC[C@@H](NC(=O)NC1C=CS(=O)(=O)C1)C(=O)O. The largest absolute Gasteiger partial charge is 0.480 e. The van der Waals surface area contributed by atoms with E-state index in [2.05, 4.69) is 10.6 Å². The van der Waals surface area contributed by atoms with Crippen molar-refractivity contribution in [3.63, 3.8) is 0 Å². The van der Waals surface area contributed by atoms with E-state index in [4.69, 9.17) is 5.11 Å². The standard InChI is InChI=1S/C10H16N2O5S2/c1-18-4-2-8(9(13)14)12-10(15)11-7-3-5-19(16,17)6-7/h3,5,7-8H,2,4,6H2,1H3,(H,13,14)(H2,11,12,15)/t7?,8-/m1/s1. The molecule has 9 heteroatoms. The minimum absolute atomic E-state index is 0.191. The number of carbonyl (C=O) groups is 2. The summed E-state index contributed by atoms with van der Waals surface area (Å²) in [4.78, 5) is 22.5. The van der Waals surface area contributed by atoms with Gasteiger partial charge in [0.05, 0.1) is 11.8 Å². The lowest BCUT2D eigenvalue weighted by atomic mass is 10.2. The van der Waals surface area contributed by atoms with E-state index in [-0.39, 0.29) is 5.75 Å². The Morgan fingerprint density at radius 3 is 2.68 bits per heavy atom. The second-order valence-corrected chi connectivity index (χ2v) is 6.97. The van der Waals surface area contributed by atoms with Crippen LogP contribution in [0.3, 0.4) is 0 Å². The van der Waals surface area contributed by atoms with E-state index < -0.39 is 33.9 Å². The maximum Gasteiger partial charge on any atom is 0.326 e. The van der Waals surface area contributed by atoms with E-state index in [1.165, 1.54) is 17.8 Å². The van der Waals surface area contributed by atoms with Crippen LogP contribution in [0.5, 0.6) is 0 Å². The normalized spacial score (nSPS) is 21.8. The van der Waals surface area contributed by atoms with E-state index in [1.807, 2.05) is 6.26 Å². The molecule has 0 aromatic rings. The summed E-state index contributed by atoms with van der Waals surface area (Å²) >= 11 is 1.48. The Morgan fingerprint density at radius 1 is 1.53 bits per heavy atom. The predicted octanol–water partition coefficient (Wildman–Crippen LogP) is -0.197. The minimum atomic E-state index is -3.24. The number of carboxylic acid groups (broad SMARTS) is 1. The summed E-state index contributed by atoms with van der Waals surface area (Å²) in [6.45, 7) is 0. The molecule has 2 atom stereocenters. The first-order valence-electron chi connectivity index (χ1n) is 5.54. The Bertz CT molecular complexity index is 474. The molecule has 7 nitrogen and oxygen atoms in total. The van der Waals surface area contributed by atoms with Gasteiger partial charge in [0.2, 0.25) is 0 Å². The van der Waals surface area contributed by atoms with Crippen molar-refractivity contribution in [3.05, 3.63) is 11.5 Å². The van der Waals surface area contributed by atoms with Crippen molar-refractivity contribution < 1.29 is 23.1 Å². The zero-order valence-corrected chi connectivity index (χ0v) is 12.0. The number of amides is 2. The van der Waals surface area contributed by atoms with Crippen LogP contribution in [0.1, 0.15) is 6.42 Å². The first-order chi connectivity index (χ1) is 8.84. The Balaban J connectivity index is 2.45. The molecule has 1 aliphatic rings. The van der Waals surface area contributed by atoms with E-state index in [9.17, 15) is 18.0 Å². The maximum atomic E-state index is 11.6. The van der Waals surface area contributed by atoms with Crippen LogP contribution in [-0.4, -0.2) is 55.4 Å². The molecule has 1 rings (SSSR count). The van der Waals surface area contributed by atoms with Crippen LogP contribution in [-0.2, 0) is 14.6 Å². The summed E-state index contributed by atoms with van der Waals surface area (Å²) in [5, 5.41) is 14.7. The highest BCUT2D eigenvalue weighted by molar-refractivity contribution is 7.98. The third-order valence-electron chi connectivity index (χ3n) is 2.46. The fourth-order valence-electron chi connectivity index (χ4n) is 1.53. The molecular weight excluding hydrogens is 292 g/mol. The van der Waals surface area contributed by atoms with Crippen molar-refractivity contribution in [3.8, 4) is 0 Å². The number of hydrogen-bond donors (Lipinski definition) is 3. The lowest BCUT2D eigenvalue weighted by Crippen LogP contribution is -2.49. The van der Waals surface area contributed by atoms with Crippen molar-refractivity contribution in [2.24, 2.45) is 0 Å². The molecular formula is C10H16N2O5S2. The number of rotatable bonds is 6. The molecule has 2 amide bonds. The third kappa shape index (κ3) is 5.52. The zero-order chi connectivity index (χ0) is 14.5. The first kappa shape index (κ1) is 15.8. The Hall–Kier alpha value is -1.22. The number of urea groups is 1. The van der Waals surface area contributed by atoms with Gasteiger partial charge in [-0.15, -0.1) is 0 Å². The Morgan fingerprint density at radius 2 is 2.21 bits per heavy atom. The van der Waals surface area contributed by atoms with Crippen LogP contribution in [0.15, 0.2) is 11.5 Å². The molecule has 108 valence electrons. The van der Waals surface area contributed by atoms with E-state index >= 15 is 0 Å². The maximum absolute atomic E-state index is 11.6. The molecule has 0 radical (unpaired) electrons. The second kappa shape index (κ2) is 6.80. The van der Waals surface area contributed by atoms with Crippen LogP contribution in [0.2, 0.25) is 0 Å². The molecule has 1 heterocycles. The van der Waals surface area contributed by atoms with Gasteiger partial charge in [-0.1, -0.05) is 0 Å². The molecule has 0 aromatic heterocycles. The summed E-state index contributed by atoms with van der Waals surface area (Å²) in [7, 11) is -3.24. The fourth-order valence-corrected chi connectivity index (χ4v) is 3.23. The molecule has 0 saturated carbocycles. The smallest absolute Gasteiger partial charge is 0.326 e. The molecule has 0 saturated heterocycles. The van der Waals surface area contributed by atoms with Crippen LogP contribution >= 0.6 is 11.8 Å². The lowest BCUT2D eigenvalue weighted by molar-refractivity contribution is -0.139. The van der Waals surface area contributed by atoms with Gasteiger partial charge in [0, 0.05) is 5.41 Å². The summed E-state index contributed by atoms with van der Waals surface area (Å²) in [5.74, 6) is -0.698. The Labute approximate surface area is 115 Å². The molecule has 1 aliphatic heterocycles. The van der Waals surface area contributed by atoms with Gasteiger partial charge in [-0.25, -0.2) is 18.0 Å². The molecule has 0 aliphatic carbocycles. The molecule has 0 fully saturated rings. The first-order valence-corrected chi connectivity index (χ1v) is 8.64. The zero-order valence-electron chi connectivity index (χ0n) is 10.3. The van der Waals surface area contributed by atoms with Crippen molar-refractivity contribution in [2.45, 2.75) is 18.5 Å². The van der Waals surface area contributed by atoms with Crippen molar-refractivity contribution >= 4 is 33.6 Å². The van der Waals surface area contributed by atoms with Crippen LogP contribution in [0, 0.1) is 0 Å². The number of thioether (sulfide) groups is 1. The molecule has 0 aromatic carbocycles. The summed E-state index contributed by atoms with van der Waals surface area (Å²) < 4.78 is 22.3. The topological polar surface area (TPSA) is 113 Å². The number of carbonyl (C=O) groups excluding carboxylic acids is 1. The van der Waals surface area contributed by atoms with Gasteiger partial charge in [-0.3, -0.25) is 0 Å². The number of nitrogens with one attached hydrogen (secondary N) is 2. The third-order valence-corrected chi connectivity index (χ3v) is 4.50. The number of hydrogen-bond acceptors (Lipinski definition) is 5. The molecule has 19 heavy (non-hydrogen) atoms. The van der Waals surface area contributed by atoms with Gasteiger partial charge in [0.1, 0.15) is 6.04 Å². The second-order valence-electron chi connectivity index (χ2n) is 4.05. The van der Waals surface area contributed by atoms with Gasteiger partial charge in [0.25, 0.3) is 0 Å². The number of carboxylic acids is 1. The van der Waals surface area contributed by atoms with Gasteiger partial charge < -0.3 is 15.7 Å². The van der Waals surface area contributed by atoms with Crippen LogP contribution in [0.4, 0.5) is 4.79 Å². The summed E-state index contributed by atoms with van der Waals surface area (Å²) in [5.41, 5.74) is 0. The van der Waals surface area contributed by atoms with E-state index in [0.717, 1.165) is 5.41 Å². The van der Waals surface area contributed by atoms with Gasteiger partial charge >= 0.3 is 12.0 Å². The number of sulfone groups is 1. The van der Waals surface area contributed by atoms with Crippen molar-refractivity contribution in [2.75, 3.05) is 17.8 Å². The summed E-state index contributed by atoms with van der Waals surface area (Å²) in [6, 6.07) is -2.27. The van der Waals surface area contributed by atoms with Crippen LogP contribution < -0.4 is 10.6 Å². The molecule has 3 N–H and O–H groups in total. The lowest BCUT2D eigenvalue weighted by Gasteiger charge is -2.16. The predicted molar refractivity (Wildman–Crippen MR) is 72.8 cm³/mol. The van der Waals surface area contributed by atoms with Crippen LogP contribution in [0.25, 0.3) is 0 Å². The monoisotopic (exact) mass is 308 g/mol. The molecule has 0 spiro atoms. The van der Waals surface area contributed by atoms with Crippen molar-refractivity contribution in [1.82, 2.24) is 10.6 Å². The van der Waals surface area contributed by atoms with Gasteiger partial charge in [-0.2, -0.15) is 11.8 Å². The number of aliphatic carboxylic acids is 1. The summed E-state index contributed by atoms with van der Waals surface area (Å²) in [6.07, 6.45) is 3.52. The van der Waals surface area contributed by atoms with Crippen molar-refractivity contribution in [1.29, 1.82) is 0 Å². The highest BCUT2D eigenvalue weighted by Gasteiger charge is 2.25. The Kier molecular flexibility index (Phi) is 5.67. The quantitative estimate of drug-likeness (QED) is 0.626. The van der Waals surface area contributed by atoms with E-state index in [1.54, 1.807) is 0 Å². The van der Waals surface area contributed by atoms with Gasteiger partial charge in [0.15, 0.2) is 9.84 Å². The fraction of sp³-hybridized carbons (Fsp3) is 0.600. The average molecular weight is 308 g/mol. The minimum Gasteiger partial charge on any atom is -0.480 e. The van der Waals surface area contributed by atoms with Gasteiger partial charge in [-0.05, 0) is 24.5 Å². The van der Waals surface area contributed by atoms with E-state index in [0.29, 0.717) is 12.2 Å². The highest BCUT2D eigenvalue weighted by atomic mass is 32.2. The molecule has 0 bridgehead atoms. The average Bonchev–Trinajstić information content (AvgIpc) is 2.63. The highest BCUT2D eigenvalue weighted by Crippen LogP contribution is 2.07. The molecule has 1 unspecified atom stereocenters.